The van der Waals surface area contributed by atoms with Crippen molar-refractivity contribution in [3.05, 3.63) is 35.4 Å². The highest BCUT2D eigenvalue weighted by Gasteiger charge is 2.07. The number of carbonyl (C=O) groups is 1. The molecule has 2 amide bonds. The summed E-state index contributed by atoms with van der Waals surface area (Å²) in [5, 5.41) is 3.51. The predicted molar refractivity (Wildman–Crippen MR) is 56.5 cm³/mol. The summed E-state index contributed by atoms with van der Waals surface area (Å²) < 4.78 is 24.4. The van der Waals surface area contributed by atoms with Crippen LogP contribution in [0.2, 0.25) is 0 Å². The van der Waals surface area contributed by atoms with Gasteiger partial charge < -0.3 is 5.73 Å². The molecule has 3 N–H and O–H groups in total. The van der Waals surface area contributed by atoms with E-state index < -0.39 is 12.5 Å². The molecule has 1 aromatic carbocycles. The van der Waals surface area contributed by atoms with E-state index in [0.29, 0.717) is 11.1 Å². The molecular weight excluding hydrogens is 216 g/mol. The Balaban J connectivity index is 2.78. The van der Waals surface area contributed by atoms with Gasteiger partial charge in [0.25, 0.3) is 0 Å². The molecule has 0 saturated heterocycles. The topological polar surface area (TPSA) is 67.5 Å². The second-order valence-electron chi connectivity index (χ2n) is 3.03. The van der Waals surface area contributed by atoms with E-state index in [0.717, 1.165) is 0 Å². The molecule has 4 nitrogen and oxygen atoms in total. The maximum Gasteiger partial charge on any atom is 0.332 e. The lowest BCUT2D eigenvalue weighted by Crippen LogP contribution is -2.24. The van der Waals surface area contributed by atoms with Crippen molar-refractivity contribution in [2.24, 2.45) is 10.8 Å². The smallest absolute Gasteiger partial charge is 0.332 e. The molecule has 0 aromatic heterocycles. The quantitative estimate of drug-likeness (QED) is 0.594. The summed E-state index contributed by atoms with van der Waals surface area (Å²) in [5.41, 5.74) is 7.78. The molecule has 1 aromatic rings. The van der Waals surface area contributed by atoms with Gasteiger partial charge in [0, 0.05) is 6.42 Å². The number of amides is 2. The first-order valence-electron chi connectivity index (χ1n) is 4.54. The van der Waals surface area contributed by atoms with Crippen LogP contribution in [0.4, 0.5) is 13.6 Å². The van der Waals surface area contributed by atoms with Gasteiger partial charge in [0.15, 0.2) is 0 Å². The van der Waals surface area contributed by atoms with E-state index in [1.165, 1.54) is 6.21 Å². The highest BCUT2D eigenvalue weighted by molar-refractivity contribution is 5.83. The third-order valence-electron chi connectivity index (χ3n) is 1.81. The molecule has 0 unspecified atom stereocenters. The fourth-order valence-electron chi connectivity index (χ4n) is 1.18. The fourth-order valence-corrected chi connectivity index (χ4v) is 1.18. The minimum Gasteiger partial charge on any atom is -0.350 e. The zero-order valence-electron chi connectivity index (χ0n) is 8.36. The normalized spacial score (nSPS) is 10.9. The van der Waals surface area contributed by atoms with Gasteiger partial charge in [-0.2, -0.15) is 5.10 Å². The average molecular weight is 227 g/mol. The largest absolute Gasteiger partial charge is 0.350 e. The van der Waals surface area contributed by atoms with Crippen LogP contribution >= 0.6 is 0 Å². The van der Waals surface area contributed by atoms with Gasteiger partial charge in [-0.15, -0.1) is 0 Å². The van der Waals surface area contributed by atoms with Crippen LogP contribution in [0, 0.1) is 0 Å². The molecule has 0 fully saturated rings. The third-order valence-corrected chi connectivity index (χ3v) is 1.81. The van der Waals surface area contributed by atoms with Crippen LogP contribution in [0.25, 0.3) is 0 Å². The van der Waals surface area contributed by atoms with Crippen molar-refractivity contribution in [3.63, 3.8) is 0 Å². The first-order chi connectivity index (χ1) is 7.59. The minimum atomic E-state index is -2.42. The number of benzene rings is 1. The van der Waals surface area contributed by atoms with Crippen LogP contribution in [0.15, 0.2) is 29.4 Å². The lowest BCUT2D eigenvalue weighted by molar-refractivity contribution is 0.149. The molecule has 0 heterocycles. The zero-order chi connectivity index (χ0) is 12.0. The fraction of sp³-hybridized carbons (Fsp3) is 0.200. The van der Waals surface area contributed by atoms with Crippen LogP contribution in [-0.2, 0) is 6.42 Å². The highest BCUT2D eigenvalue weighted by atomic mass is 19.3. The van der Waals surface area contributed by atoms with Gasteiger partial charge in [-0.3, -0.25) is 0 Å². The van der Waals surface area contributed by atoms with Crippen LogP contribution in [-0.4, -0.2) is 18.7 Å². The molecule has 1 rings (SSSR count). The summed E-state index contributed by atoms with van der Waals surface area (Å²) in [6, 6.07) is 5.77. The minimum absolute atomic E-state index is 0.348. The highest BCUT2D eigenvalue weighted by Crippen LogP contribution is 2.11. The second-order valence-corrected chi connectivity index (χ2v) is 3.03. The predicted octanol–water partition coefficient (Wildman–Crippen LogP) is 1.50. The van der Waals surface area contributed by atoms with E-state index in [1.54, 1.807) is 24.3 Å². The summed E-state index contributed by atoms with van der Waals surface area (Å²) in [7, 11) is 0. The average Bonchev–Trinajstić information content (AvgIpc) is 2.19. The first-order valence-corrected chi connectivity index (χ1v) is 4.54. The monoisotopic (exact) mass is 227 g/mol. The van der Waals surface area contributed by atoms with Gasteiger partial charge in [0.05, 0.1) is 6.21 Å². The molecular formula is C10H11F2N3O. The standard InChI is InChI=1S/C10H11F2N3O/c11-9(12)5-7-3-1-2-4-8(7)6-14-15-10(13)16/h1-4,6,9H,5H2,(H3,13,15,16). The number of hydrogen-bond donors (Lipinski definition) is 2. The molecule has 0 aliphatic rings. The number of alkyl halides is 2. The van der Waals surface area contributed by atoms with Crippen molar-refractivity contribution in [1.82, 2.24) is 5.43 Å². The molecule has 0 saturated carbocycles. The Kier molecular flexibility index (Phi) is 4.38. The van der Waals surface area contributed by atoms with Crippen LogP contribution < -0.4 is 11.2 Å². The molecule has 0 aliphatic heterocycles. The van der Waals surface area contributed by atoms with Crippen LogP contribution in [0.5, 0.6) is 0 Å². The van der Waals surface area contributed by atoms with Crippen LogP contribution in [0.3, 0.4) is 0 Å². The Bertz CT molecular complexity index is 393. The van der Waals surface area contributed by atoms with Crippen molar-refractivity contribution < 1.29 is 13.6 Å². The van der Waals surface area contributed by atoms with Crippen molar-refractivity contribution in [2.75, 3.05) is 0 Å². The molecule has 16 heavy (non-hydrogen) atoms. The Morgan fingerprint density at radius 1 is 1.50 bits per heavy atom. The Morgan fingerprint density at radius 3 is 2.81 bits per heavy atom. The number of nitrogens with two attached hydrogens (primary N) is 1. The molecule has 86 valence electrons. The maximum atomic E-state index is 12.2. The number of nitrogens with one attached hydrogen (secondary N) is 1. The SMILES string of the molecule is NC(=O)NN=Cc1ccccc1CC(F)F. The summed E-state index contributed by atoms with van der Waals surface area (Å²) in [6.45, 7) is 0. The molecule has 0 aliphatic carbocycles. The molecule has 0 spiro atoms. The van der Waals surface area contributed by atoms with Crippen molar-refractivity contribution >= 4 is 12.2 Å². The van der Waals surface area contributed by atoms with Crippen molar-refractivity contribution in [2.45, 2.75) is 12.8 Å². The maximum absolute atomic E-state index is 12.2. The number of halogens is 2. The summed E-state index contributed by atoms with van der Waals surface area (Å²) in [5.74, 6) is 0. The van der Waals surface area contributed by atoms with E-state index in [2.05, 4.69) is 5.10 Å². The van der Waals surface area contributed by atoms with Crippen molar-refractivity contribution in [3.8, 4) is 0 Å². The first kappa shape index (κ1) is 12.1. The number of hydrazone groups is 1. The number of urea groups is 1. The molecule has 0 radical (unpaired) electrons. The van der Waals surface area contributed by atoms with E-state index in [-0.39, 0.29) is 6.42 Å². The summed E-state index contributed by atoms with van der Waals surface area (Å²) in [6.07, 6.45) is -1.49. The Hall–Kier alpha value is -1.98. The van der Waals surface area contributed by atoms with Gasteiger partial charge in [0.2, 0.25) is 6.43 Å². The molecule has 6 heteroatoms. The van der Waals surface area contributed by atoms with Crippen LogP contribution in [0.1, 0.15) is 11.1 Å². The number of rotatable bonds is 4. The number of hydrogen-bond acceptors (Lipinski definition) is 2. The van der Waals surface area contributed by atoms with Gasteiger partial charge in [-0.05, 0) is 11.1 Å². The van der Waals surface area contributed by atoms with E-state index >= 15 is 0 Å². The summed E-state index contributed by atoms with van der Waals surface area (Å²) >= 11 is 0. The zero-order valence-corrected chi connectivity index (χ0v) is 8.36. The van der Waals surface area contributed by atoms with Gasteiger partial charge in [-0.1, -0.05) is 24.3 Å². The lowest BCUT2D eigenvalue weighted by atomic mass is 10.1. The third kappa shape index (κ3) is 4.04. The Labute approximate surface area is 91.1 Å². The number of primary amides is 1. The van der Waals surface area contributed by atoms with Gasteiger partial charge in [-0.25, -0.2) is 19.0 Å². The van der Waals surface area contributed by atoms with E-state index in [9.17, 15) is 13.6 Å². The second kappa shape index (κ2) is 5.79. The lowest BCUT2D eigenvalue weighted by Gasteiger charge is -2.04. The molecule has 0 atom stereocenters. The van der Waals surface area contributed by atoms with Crippen molar-refractivity contribution in [1.29, 1.82) is 0 Å². The number of nitrogens with zero attached hydrogens (tertiary/aromatic N) is 1. The van der Waals surface area contributed by atoms with Gasteiger partial charge >= 0.3 is 6.03 Å². The van der Waals surface area contributed by atoms with Gasteiger partial charge in [0.1, 0.15) is 0 Å². The molecule has 0 bridgehead atoms. The van der Waals surface area contributed by atoms with E-state index in [1.807, 2.05) is 5.43 Å². The number of carbonyl (C=O) groups excluding carboxylic acids is 1. The Morgan fingerprint density at radius 2 is 2.19 bits per heavy atom. The summed E-state index contributed by atoms with van der Waals surface area (Å²) in [4.78, 5) is 10.3. The van der Waals surface area contributed by atoms with E-state index in [4.69, 9.17) is 5.73 Å².